The molecule has 8 nitrogen and oxygen atoms in total. The third-order valence-electron chi connectivity index (χ3n) is 3.36. The molecule has 0 saturated carbocycles. The highest BCUT2D eigenvalue weighted by Crippen LogP contribution is 2.07. The quantitative estimate of drug-likeness (QED) is 0.577. The van der Waals surface area contributed by atoms with Gasteiger partial charge in [-0.3, -0.25) is 14.9 Å². The summed E-state index contributed by atoms with van der Waals surface area (Å²) < 4.78 is 5.10. The van der Waals surface area contributed by atoms with Crippen LogP contribution in [0.15, 0.2) is 30.3 Å². The fraction of sp³-hybridized carbons (Fsp3) is 0.412. The van der Waals surface area contributed by atoms with E-state index in [1.165, 1.54) is 25.7 Å². The first-order chi connectivity index (χ1) is 12.4. The van der Waals surface area contributed by atoms with Gasteiger partial charge in [0.1, 0.15) is 6.04 Å². The molecule has 9 heteroatoms. The second kappa shape index (κ2) is 11.1. The van der Waals surface area contributed by atoms with Crippen molar-refractivity contribution in [2.75, 3.05) is 19.1 Å². The van der Waals surface area contributed by atoms with E-state index in [1.807, 2.05) is 11.6 Å². The fourth-order valence-corrected chi connectivity index (χ4v) is 2.37. The van der Waals surface area contributed by atoms with Crippen molar-refractivity contribution in [3.05, 3.63) is 35.9 Å². The maximum atomic E-state index is 12.4. The Labute approximate surface area is 156 Å². The fourth-order valence-electron chi connectivity index (χ4n) is 1.90. The molecule has 0 bridgehead atoms. The Morgan fingerprint density at radius 3 is 2.38 bits per heavy atom. The van der Waals surface area contributed by atoms with E-state index in [2.05, 4.69) is 10.6 Å². The number of ether oxygens (including phenoxy) is 1. The number of thioether (sulfide) groups is 1. The van der Waals surface area contributed by atoms with Gasteiger partial charge in [-0.1, -0.05) is 18.2 Å². The number of amides is 4. The minimum atomic E-state index is -1.18. The summed E-state index contributed by atoms with van der Waals surface area (Å²) in [5.74, 6) is -1.28. The van der Waals surface area contributed by atoms with Gasteiger partial charge in [0, 0.05) is 12.6 Å². The van der Waals surface area contributed by atoms with Gasteiger partial charge < -0.3 is 15.4 Å². The number of carbonyl (C=O) groups excluding carboxylic acids is 4. The molecule has 0 fully saturated rings. The molecule has 0 saturated heterocycles. The highest BCUT2D eigenvalue weighted by molar-refractivity contribution is 7.98. The van der Waals surface area contributed by atoms with Crippen molar-refractivity contribution in [2.45, 2.75) is 25.5 Å². The zero-order chi connectivity index (χ0) is 19.5. The molecule has 0 aromatic heterocycles. The van der Waals surface area contributed by atoms with Gasteiger partial charge in [0.2, 0.25) is 0 Å². The van der Waals surface area contributed by atoms with Gasteiger partial charge in [0.25, 0.3) is 11.8 Å². The highest BCUT2D eigenvalue weighted by atomic mass is 32.2. The summed E-state index contributed by atoms with van der Waals surface area (Å²) in [6, 6.07) is 6.88. The van der Waals surface area contributed by atoms with Gasteiger partial charge in [-0.05, 0) is 37.5 Å². The lowest BCUT2D eigenvalue weighted by Gasteiger charge is -2.20. The maximum absolute atomic E-state index is 12.4. The lowest BCUT2D eigenvalue weighted by atomic mass is 10.1. The molecule has 142 valence electrons. The SMILES string of the molecule is CNC(=O)NC(=O)[C@H](C)OC(=O)[C@@H](CCSC)NC(=O)c1ccccc1. The molecule has 0 radical (unpaired) electrons. The summed E-state index contributed by atoms with van der Waals surface area (Å²) in [6.45, 7) is 1.35. The van der Waals surface area contributed by atoms with Crippen molar-refractivity contribution in [2.24, 2.45) is 0 Å². The molecule has 1 aromatic carbocycles. The highest BCUT2D eigenvalue weighted by Gasteiger charge is 2.27. The van der Waals surface area contributed by atoms with Crippen molar-refractivity contribution in [1.82, 2.24) is 16.0 Å². The third-order valence-corrected chi connectivity index (χ3v) is 4.01. The number of rotatable bonds is 8. The zero-order valence-electron chi connectivity index (χ0n) is 14.9. The van der Waals surface area contributed by atoms with Crippen LogP contribution in [0.1, 0.15) is 23.7 Å². The molecule has 0 aliphatic heterocycles. The first-order valence-electron chi connectivity index (χ1n) is 7.97. The van der Waals surface area contributed by atoms with E-state index in [1.54, 1.807) is 30.3 Å². The van der Waals surface area contributed by atoms with E-state index >= 15 is 0 Å². The zero-order valence-corrected chi connectivity index (χ0v) is 15.7. The first-order valence-corrected chi connectivity index (χ1v) is 9.36. The second-order valence-corrected chi connectivity index (χ2v) is 6.31. The topological polar surface area (TPSA) is 114 Å². The molecule has 0 spiro atoms. The molecule has 1 aromatic rings. The number of hydrogen-bond donors (Lipinski definition) is 3. The van der Waals surface area contributed by atoms with Crippen LogP contribution in [0.4, 0.5) is 4.79 Å². The van der Waals surface area contributed by atoms with Crippen LogP contribution in [0.3, 0.4) is 0 Å². The summed E-state index contributed by atoms with van der Waals surface area (Å²) in [5.41, 5.74) is 0.417. The Morgan fingerprint density at radius 2 is 1.81 bits per heavy atom. The molecule has 4 amide bonds. The van der Waals surface area contributed by atoms with Gasteiger partial charge in [0.15, 0.2) is 6.10 Å². The molecule has 0 aliphatic rings. The first kappa shape index (κ1) is 21.5. The van der Waals surface area contributed by atoms with E-state index < -0.39 is 36.0 Å². The van der Waals surface area contributed by atoms with Gasteiger partial charge in [-0.2, -0.15) is 11.8 Å². The molecule has 26 heavy (non-hydrogen) atoms. The Kier molecular flexibility index (Phi) is 9.21. The van der Waals surface area contributed by atoms with E-state index in [4.69, 9.17) is 4.74 Å². The monoisotopic (exact) mass is 381 g/mol. The molecule has 0 aliphatic carbocycles. The smallest absolute Gasteiger partial charge is 0.329 e. The van der Waals surface area contributed by atoms with Gasteiger partial charge in [0.05, 0.1) is 0 Å². The predicted molar refractivity (Wildman–Crippen MR) is 98.8 cm³/mol. The van der Waals surface area contributed by atoms with Crippen LogP contribution in [0, 0.1) is 0 Å². The van der Waals surface area contributed by atoms with Crippen molar-refractivity contribution < 1.29 is 23.9 Å². The molecule has 2 atom stereocenters. The number of benzene rings is 1. The molecule has 0 unspecified atom stereocenters. The Bertz CT molecular complexity index is 639. The van der Waals surface area contributed by atoms with Gasteiger partial charge >= 0.3 is 12.0 Å². The molecular formula is C17H23N3O5S. The maximum Gasteiger partial charge on any atom is 0.329 e. The summed E-state index contributed by atoms with van der Waals surface area (Å²) in [7, 11) is 1.36. The minimum Gasteiger partial charge on any atom is -0.451 e. The normalized spacial score (nSPS) is 12.4. The van der Waals surface area contributed by atoms with Gasteiger partial charge in [-0.25, -0.2) is 9.59 Å². The number of carbonyl (C=O) groups is 4. The molecule has 3 N–H and O–H groups in total. The molecule has 0 heterocycles. The third kappa shape index (κ3) is 7.14. The van der Waals surface area contributed by atoms with Crippen LogP contribution in [-0.2, 0) is 14.3 Å². The minimum absolute atomic E-state index is 0.350. The number of hydrogen-bond acceptors (Lipinski definition) is 6. The second-order valence-electron chi connectivity index (χ2n) is 5.32. The number of nitrogens with one attached hydrogen (secondary N) is 3. The number of imide groups is 1. The van der Waals surface area contributed by atoms with Crippen molar-refractivity contribution >= 4 is 35.6 Å². The van der Waals surface area contributed by atoms with E-state index in [9.17, 15) is 19.2 Å². The van der Waals surface area contributed by atoms with Crippen LogP contribution in [0.25, 0.3) is 0 Å². The Hall–Kier alpha value is -2.55. The van der Waals surface area contributed by atoms with Crippen LogP contribution in [0.5, 0.6) is 0 Å². The van der Waals surface area contributed by atoms with E-state index in [0.29, 0.717) is 17.7 Å². The molecular weight excluding hydrogens is 358 g/mol. The van der Waals surface area contributed by atoms with Crippen LogP contribution in [-0.4, -0.2) is 55.0 Å². The predicted octanol–water partition coefficient (Wildman–Crippen LogP) is 0.925. The average Bonchev–Trinajstić information content (AvgIpc) is 2.65. The summed E-state index contributed by atoms with van der Waals surface area (Å²) >= 11 is 1.52. The van der Waals surface area contributed by atoms with E-state index in [0.717, 1.165) is 0 Å². The Balaban J connectivity index is 2.72. The lowest BCUT2D eigenvalue weighted by molar-refractivity contribution is -0.156. The van der Waals surface area contributed by atoms with Crippen molar-refractivity contribution in [3.63, 3.8) is 0 Å². The standard InChI is InChI=1S/C17H23N3O5S/c1-11(14(21)20-17(24)18-2)25-16(23)13(9-10-26-3)19-15(22)12-7-5-4-6-8-12/h4-8,11,13H,9-10H2,1-3H3,(H,19,22)(H2,18,20,21,24)/t11-,13+/m0/s1. The summed E-state index contributed by atoms with van der Waals surface area (Å²) in [4.78, 5) is 47.6. The summed E-state index contributed by atoms with van der Waals surface area (Å²) in [6.07, 6.45) is 1.05. The largest absolute Gasteiger partial charge is 0.451 e. The van der Waals surface area contributed by atoms with E-state index in [-0.39, 0.29) is 0 Å². The lowest BCUT2D eigenvalue weighted by Crippen LogP contribution is -2.47. The summed E-state index contributed by atoms with van der Waals surface area (Å²) in [5, 5.41) is 6.88. The number of urea groups is 1. The Morgan fingerprint density at radius 1 is 1.15 bits per heavy atom. The van der Waals surface area contributed by atoms with Crippen LogP contribution < -0.4 is 16.0 Å². The van der Waals surface area contributed by atoms with Crippen molar-refractivity contribution in [1.29, 1.82) is 0 Å². The van der Waals surface area contributed by atoms with Crippen LogP contribution in [0.2, 0.25) is 0 Å². The van der Waals surface area contributed by atoms with Crippen LogP contribution >= 0.6 is 11.8 Å². The average molecular weight is 381 g/mol. The van der Waals surface area contributed by atoms with Gasteiger partial charge in [-0.15, -0.1) is 0 Å². The van der Waals surface area contributed by atoms with Crippen molar-refractivity contribution in [3.8, 4) is 0 Å². The molecule has 1 rings (SSSR count). The number of esters is 1.